The highest BCUT2D eigenvalue weighted by atomic mass is 19.4. The Balaban J connectivity index is 2.33. The normalized spacial score (nSPS) is 11.4. The standard InChI is InChI=1S/C16H17F3N2O4/c1-3-25-14-11(6-7-21(9-22)15(23)16(17,18)19)12-8-10(24-2)4-5-13(12)20-14/h4-5,8-9,20H,3,6-7H2,1-2H3. The zero-order valence-electron chi connectivity index (χ0n) is 13.6. The predicted octanol–water partition coefficient (Wildman–Crippen LogP) is 2.67. The Morgan fingerprint density at radius 3 is 2.64 bits per heavy atom. The lowest BCUT2D eigenvalue weighted by atomic mass is 10.1. The summed E-state index contributed by atoms with van der Waals surface area (Å²) in [5, 5.41) is 0.688. The maximum absolute atomic E-state index is 12.5. The molecule has 0 bridgehead atoms. The molecule has 0 unspecified atom stereocenters. The number of ether oxygens (including phenoxy) is 2. The van der Waals surface area contributed by atoms with Crippen molar-refractivity contribution in [1.82, 2.24) is 9.88 Å². The van der Waals surface area contributed by atoms with E-state index in [-0.39, 0.29) is 17.7 Å². The highest BCUT2D eigenvalue weighted by Crippen LogP contribution is 2.31. The summed E-state index contributed by atoms with van der Waals surface area (Å²) < 4.78 is 48.1. The number of H-pyrrole nitrogens is 1. The molecule has 1 N–H and O–H groups in total. The number of hydrogen-bond acceptors (Lipinski definition) is 4. The van der Waals surface area contributed by atoms with Crippen LogP contribution in [0.5, 0.6) is 11.6 Å². The van der Waals surface area contributed by atoms with Crippen molar-refractivity contribution in [1.29, 1.82) is 0 Å². The van der Waals surface area contributed by atoms with Gasteiger partial charge < -0.3 is 14.5 Å². The molecule has 0 saturated heterocycles. The average Bonchev–Trinajstić information content (AvgIpc) is 2.91. The molecule has 2 aromatic rings. The van der Waals surface area contributed by atoms with E-state index in [4.69, 9.17) is 9.47 Å². The second kappa shape index (κ2) is 7.45. The number of carbonyl (C=O) groups is 2. The topological polar surface area (TPSA) is 71.6 Å². The third-order valence-electron chi connectivity index (χ3n) is 3.60. The smallest absolute Gasteiger partial charge is 0.471 e. The van der Waals surface area contributed by atoms with E-state index < -0.39 is 18.6 Å². The first-order valence-electron chi connectivity index (χ1n) is 7.46. The summed E-state index contributed by atoms with van der Waals surface area (Å²) in [7, 11) is 1.49. The van der Waals surface area contributed by atoms with E-state index in [1.54, 1.807) is 25.1 Å². The number of carbonyl (C=O) groups excluding carboxylic acids is 2. The second-order valence-corrected chi connectivity index (χ2v) is 5.13. The molecule has 1 aromatic carbocycles. The molecule has 2 amide bonds. The van der Waals surface area contributed by atoms with E-state index in [2.05, 4.69) is 4.98 Å². The molecule has 9 heteroatoms. The minimum Gasteiger partial charge on any atom is -0.497 e. The zero-order valence-corrected chi connectivity index (χ0v) is 13.6. The first-order valence-corrected chi connectivity index (χ1v) is 7.46. The maximum Gasteiger partial charge on any atom is 0.471 e. The number of imide groups is 1. The molecule has 6 nitrogen and oxygen atoms in total. The van der Waals surface area contributed by atoms with E-state index in [0.29, 0.717) is 34.7 Å². The molecule has 2 rings (SSSR count). The molecule has 25 heavy (non-hydrogen) atoms. The minimum atomic E-state index is -5.10. The van der Waals surface area contributed by atoms with Crippen LogP contribution in [0.4, 0.5) is 13.2 Å². The molecule has 0 atom stereocenters. The van der Waals surface area contributed by atoms with Crippen molar-refractivity contribution < 1.29 is 32.2 Å². The van der Waals surface area contributed by atoms with Gasteiger partial charge in [-0.15, -0.1) is 0 Å². The Morgan fingerprint density at radius 2 is 2.08 bits per heavy atom. The molecule has 0 aliphatic rings. The predicted molar refractivity (Wildman–Crippen MR) is 83.6 cm³/mol. The molecule has 0 aliphatic heterocycles. The van der Waals surface area contributed by atoms with Crippen LogP contribution in [-0.2, 0) is 16.0 Å². The van der Waals surface area contributed by atoms with Crippen molar-refractivity contribution in [3.05, 3.63) is 23.8 Å². The van der Waals surface area contributed by atoms with Crippen LogP contribution in [0.25, 0.3) is 10.9 Å². The fourth-order valence-corrected chi connectivity index (χ4v) is 2.44. The zero-order chi connectivity index (χ0) is 18.6. The van der Waals surface area contributed by atoms with Gasteiger partial charge in [-0.3, -0.25) is 14.5 Å². The van der Waals surface area contributed by atoms with Crippen molar-refractivity contribution in [2.45, 2.75) is 19.5 Å². The van der Waals surface area contributed by atoms with E-state index in [1.807, 2.05) is 0 Å². The number of amides is 2. The molecule has 0 aliphatic carbocycles. The van der Waals surface area contributed by atoms with Crippen molar-refractivity contribution in [2.75, 3.05) is 20.3 Å². The average molecular weight is 358 g/mol. The number of aromatic nitrogens is 1. The minimum absolute atomic E-state index is 0.00304. The number of halogens is 3. The Bertz CT molecular complexity index is 771. The first-order chi connectivity index (χ1) is 11.8. The summed E-state index contributed by atoms with van der Waals surface area (Å²) in [6, 6.07) is 5.18. The van der Waals surface area contributed by atoms with Gasteiger partial charge in [-0.25, -0.2) is 0 Å². The molecule has 0 radical (unpaired) electrons. The Hall–Kier alpha value is -2.71. The van der Waals surface area contributed by atoms with Gasteiger partial charge in [-0.2, -0.15) is 13.2 Å². The summed E-state index contributed by atoms with van der Waals surface area (Å²) in [4.78, 5) is 25.2. The Kier molecular flexibility index (Phi) is 5.55. The summed E-state index contributed by atoms with van der Waals surface area (Å²) in [6.45, 7) is 1.68. The number of rotatable bonds is 7. The van der Waals surface area contributed by atoms with Crippen LogP contribution in [0.2, 0.25) is 0 Å². The summed E-state index contributed by atoms with van der Waals surface area (Å²) in [6.07, 6.45) is -5.22. The first kappa shape index (κ1) is 18.6. The number of methoxy groups -OCH3 is 1. The number of hydrogen-bond donors (Lipinski definition) is 1. The van der Waals surface area contributed by atoms with Crippen molar-refractivity contribution in [3.63, 3.8) is 0 Å². The number of nitrogens with one attached hydrogen (secondary N) is 1. The number of nitrogens with zero attached hydrogens (tertiary/aromatic N) is 1. The van der Waals surface area contributed by atoms with Gasteiger partial charge in [-0.05, 0) is 31.5 Å². The van der Waals surface area contributed by atoms with Gasteiger partial charge in [0.1, 0.15) is 5.75 Å². The lowest BCUT2D eigenvalue weighted by molar-refractivity contribution is -0.185. The van der Waals surface area contributed by atoms with Gasteiger partial charge in [0.15, 0.2) is 5.88 Å². The molecule has 136 valence electrons. The van der Waals surface area contributed by atoms with Gasteiger partial charge in [0, 0.05) is 23.0 Å². The molecule has 1 aromatic heterocycles. The number of aromatic amines is 1. The Labute approximate surface area is 141 Å². The fourth-order valence-electron chi connectivity index (χ4n) is 2.44. The van der Waals surface area contributed by atoms with Crippen molar-refractivity contribution in [3.8, 4) is 11.6 Å². The molecule has 0 fully saturated rings. The molecular formula is C16H17F3N2O4. The van der Waals surface area contributed by atoms with E-state index >= 15 is 0 Å². The van der Waals surface area contributed by atoms with E-state index in [1.165, 1.54) is 7.11 Å². The quantitative estimate of drug-likeness (QED) is 0.773. The molecule has 0 saturated carbocycles. The van der Waals surface area contributed by atoms with E-state index in [0.717, 1.165) is 0 Å². The number of fused-ring (bicyclic) bond motifs is 1. The van der Waals surface area contributed by atoms with Gasteiger partial charge in [-0.1, -0.05) is 0 Å². The van der Waals surface area contributed by atoms with Crippen molar-refractivity contribution in [2.24, 2.45) is 0 Å². The second-order valence-electron chi connectivity index (χ2n) is 5.13. The highest BCUT2D eigenvalue weighted by Gasteiger charge is 2.42. The lowest BCUT2D eigenvalue weighted by Gasteiger charge is -2.17. The molecular weight excluding hydrogens is 341 g/mol. The third-order valence-corrected chi connectivity index (χ3v) is 3.60. The van der Waals surface area contributed by atoms with E-state index in [9.17, 15) is 22.8 Å². The fraction of sp³-hybridized carbons (Fsp3) is 0.375. The maximum atomic E-state index is 12.5. The van der Waals surface area contributed by atoms with Crippen LogP contribution in [0.3, 0.4) is 0 Å². The van der Waals surface area contributed by atoms with Gasteiger partial charge in [0.2, 0.25) is 6.41 Å². The Morgan fingerprint density at radius 1 is 1.36 bits per heavy atom. The van der Waals surface area contributed by atoms with Crippen LogP contribution < -0.4 is 9.47 Å². The monoisotopic (exact) mass is 358 g/mol. The van der Waals surface area contributed by atoms with Crippen LogP contribution >= 0.6 is 0 Å². The highest BCUT2D eigenvalue weighted by molar-refractivity contribution is 5.90. The van der Waals surface area contributed by atoms with Crippen LogP contribution in [0, 0.1) is 0 Å². The SMILES string of the molecule is CCOc1[nH]c2ccc(OC)cc2c1CCN(C=O)C(=O)C(F)(F)F. The molecule has 0 spiro atoms. The van der Waals surface area contributed by atoms with Crippen molar-refractivity contribution >= 4 is 23.2 Å². The van der Waals surface area contributed by atoms with Crippen LogP contribution in [0.15, 0.2) is 18.2 Å². The summed E-state index contributed by atoms with van der Waals surface area (Å²) in [5.74, 6) is -1.25. The summed E-state index contributed by atoms with van der Waals surface area (Å²) >= 11 is 0. The lowest BCUT2D eigenvalue weighted by Crippen LogP contribution is -2.41. The summed E-state index contributed by atoms with van der Waals surface area (Å²) in [5.41, 5.74) is 1.27. The third kappa shape index (κ3) is 4.04. The van der Waals surface area contributed by atoms with Gasteiger partial charge in [0.05, 0.1) is 13.7 Å². The number of benzene rings is 1. The van der Waals surface area contributed by atoms with Gasteiger partial charge >= 0.3 is 12.1 Å². The van der Waals surface area contributed by atoms with Gasteiger partial charge in [0.25, 0.3) is 0 Å². The molecule has 1 heterocycles. The largest absolute Gasteiger partial charge is 0.497 e. The van der Waals surface area contributed by atoms with Crippen LogP contribution in [0.1, 0.15) is 12.5 Å². The van der Waals surface area contributed by atoms with Crippen LogP contribution in [-0.4, -0.2) is 48.6 Å². The number of alkyl halides is 3.